The third-order valence-corrected chi connectivity index (χ3v) is 5.89. The van der Waals surface area contributed by atoms with Crippen LogP contribution >= 0.6 is 0 Å². The van der Waals surface area contributed by atoms with Gasteiger partial charge >= 0.3 is 5.97 Å². The Morgan fingerprint density at radius 2 is 1.27 bits per heavy atom. The highest BCUT2D eigenvalue weighted by Crippen LogP contribution is 2.44. The van der Waals surface area contributed by atoms with E-state index in [0.717, 1.165) is 0 Å². The lowest BCUT2D eigenvalue weighted by molar-refractivity contribution is -0.231. The average molecular weight is 473 g/mol. The normalized spacial score (nSPS) is 33.8. The van der Waals surface area contributed by atoms with Gasteiger partial charge in [0, 0.05) is 0 Å². The van der Waals surface area contributed by atoms with Crippen molar-refractivity contribution in [2.24, 2.45) is 11.8 Å². The molecule has 0 unspecified atom stereocenters. The van der Waals surface area contributed by atoms with Crippen LogP contribution in [-0.4, -0.2) is 77.3 Å². The topological polar surface area (TPSA) is 142 Å². The molecule has 0 aromatic rings. The summed E-state index contributed by atoms with van der Waals surface area (Å²) >= 11 is 0. The molecule has 3 rings (SSSR count). The van der Waals surface area contributed by atoms with Crippen molar-refractivity contribution in [3.63, 3.8) is 0 Å². The van der Waals surface area contributed by atoms with E-state index in [1.807, 2.05) is 0 Å². The van der Waals surface area contributed by atoms with Crippen molar-refractivity contribution in [1.82, 2.24) is 10.6 Å². The van der Waals surface area contributed by atoms with Crippen molar-refractivity contribution in [1.29, 1.82) is 0 Å². The summed E-state index contributed by atoms with van der Waals surface area (Å²) in [7, 11) is 0. The summed E-state index contributed by atoms with van der Waals surface area (Å²) in [5, 5.41) is 14.6. The van der Waals surface area contributed by atoms with Gasteiger partial charge in [-0.2, -0.15) is 0 Å². The number of carbonyl (C=O) groups is 3. The Bertz CT molecular complexity index is 782. The summed E-state index contributed by atoms with van der Waals surface area (Å²) in [5.41, 5.74) is 0. The minimum absolute atomic E-state index is 0.315. The van der Waals surface area contributed by atoms with Crippen molar-refractivity contribution >= 4 is 17.8 Å². The molecular weight excluding hydrogens is 436 g/mol. The number of hydrogen-bond donors (Lipinski definition) is 3. The minimum atomic E-state index is -1.14. The van der Waals surface area contributed by atoms with Crippen molar-refractivity contribution in [3.8, 4) is 0 Å². The van der Waals surface area contributed by atoms with E-state index >= 15 is 0 Å². The Morgan fingerprint density at radius 1 is 0.758 bits per heavy atom. The number of aliphatic carboxylic acids is 1. The molecule has 188 valence electrons. The van der Waals surface area contributed by atoms with Crippen molar-refractivity contribution in [2.75, 3.05) is 0 Å². The maximum Gasteiger partial charge on any atom is 0.326 e. The summed E-state index contributed by atoms with van der Waals surface area (Å²) in [6.45, 7) is 13.9. The number of carboxylic acids is 1. The lowest BCUT2D eigenvalue weighted by atomic mass is 9.96. The number of nitrogens with one attached hydrogen (secondary N) is 2. The summed E-state index contributed by atoms with van der Waals surface area (Å²) in [4.78, 5) is 37.7. The van der Waals surface area contributed by atoms with Gasteiger partial charge in [0.25, 0.3) is 5.91 Å². The molecule has 0 bridgehead atoms. The predicted octanol–water partition coefficient (Wildman–Crippen LogP) is 0.749. The van der Waals surface area contributed by atoms with E-state index < -0.39 is 72.1 Å². The molecule has 0 saturated carbocycles. The van der Waals surface area contributed by atoms with Crippen molar-refractivity contribution < 1.29 is 43.2 Å². The van der Waals surface area contributed by atoms with Crippen LogP contribution in [0.25, 0.3) is 0 Å². The zero-order valence-electron chi connectivity index (χ0n) is 20.4. The molecular formula is C22H36N2O9. The van der Waals surface area contributed by atoms with Crippen LogP contribution < -0.4 is 10.6 Å². The molecule has 3 saturated heterocycles. The highest BCUT2D eigenvalue weighted by molar-refractivity contribution is 5.92. The molecule has 33 heavy (non-hydrogen) atoms. The Labute approximate surface area is 193 Å². The number of carboxylic acid groups (broad SMARTS) is 1. The lowest BCUT2D eigenvalue weighted by Gasteiger charge is -2.37. The van der Waals surface area contributed by atoms with Crippen LogP contribution in [0.2, 0.25) is 0 Å². The molecule has 0 aliphatic carbocycles. The Kier molecular flexibility index (Phi) is 7.12. The van der Waals surface area contributed by atoms with E-state index in [-0.39, 0.29) is 11.8 Å². The number of hydrogen-bond acceptors (Lipinski definition) is 8. The molecule has 0 spiro atoms. The van der Waals surface area contributed by atoms with E-state index in [0.29, 0.717) is 0 Å². The van der Waals surface area contributed by atoms with Crippen LogP contribution in [0.1, 0.15) is 55.4 Å². The summed E-state index contributed by atoms with van der Waals surface area (Å²) < 4.78 is 29.7. The molecule has 7 atom stereocenters. The van der Waals surface area contributed by atoms with Crippen LogP contribution in [0.15, 0.2) is 0 Å². The highest BCUT2D eigenvalue weighted by atomic mass is 16.9. The molecule has 0 aromatic heterocycles. The van der Waals surface area contributed by atoms with Crippen LogP contribution in [0.5, 0.6) is 0 Å². The van der Waals surface area contributed by atoms with Crippen molar-refractivity contribution in [3.05, 3.63) is 0 Å². The van der Waals surface area contributed by atoms with Gasteiger partial charge in [0.05, 0.1) is 0 Å². The number of rotatable bonds is 7. The maximum atomic E-state index is 13.3. The first-order valence-corrected chi connectivity index (χ1v) is 11.3. The second-order valence-electron chi connectivity index (χ2n) is 10.4. The zero-order valence-corrected chi connectivity index (χ0v) is 20.4. The Balaban J connectivity index is 1.78. The Hall–Kier alpha value is -1.79. The summed E-state index contributed by atoms with van der Waals surface area (Å²) in [5.74, 6) is -4.85. The Morgan fingerprint density at radius 3 is 1.82 bits per heavy atom. The third-order valence-electron chi connectivity index (χ3n) is 5.89. The van der Waals surface area contributed by atoms with Crippen LogP contribution in [0.3, 0.4) is 0 Å². The number of carbonyl (C=O) groups excluding carboxylic acids is 2. The smallest absolute Gasteiger partial charge is 0.326 e. The molecule has 3 heterocycles. The molecule has 3 N–H and O–H groups in total. The van der Waals surface area contributed by atoms with Crippen LogP contribution in [-0.2, 0) is 38.1 Å². The van der Waals surface area contributed by atoms with E-state index in [1.165, 1.54) is 0 Å². The largest absolute Gasteiger partial charge is 0.480 e. The fourth-order valence-corrected chi connectivity index (χ4v) is 4.35. The molecule has 3 aliphatic rings. The van der Waals surface area contributed by atoms with Gasteiger partial charge in [-0.25, -0.2) is 4.79 Å². The standard InChI is InChI=1S/C22H36N2O9/c1-9(2)11(17(25)24-12(10(3)4)19(27)28)23-18(26)15-13-14(31-21(5,6)30-13)16-20(29-15)33-22(7,8)32-16/h9-16,20H,1-8H3,(H,23,26)(H,24,25)(H,27,28)/t11-,12+,13+,14+,15+,16-,20+/m1/s1. The first-order chi connectivity index (χ1) is 15.1. The van der Waals surface area contributed by atoms with Crippen molar-refractivity contribution in [2.45, 2.75) is 110 Å². The number of fused-ring (bicyclic) bond motifs is 3. The quantitative estimate of drug-likeness (QED) is 0.489. The molecule has 2 amide bonds. The summed E-state index contributed by atoms with van der Waals surface area (Å²) in [6, 6.07) is -2.06. The molecule has 11 heteroatoms. The average Bonchev–Trinajstić information content (AvgIpc) is 3.15. The second kappa shape index (κ2) is 9.10. The maximum absolute atomic E-state index is 13.3. The van der Waals surface area contributed by atoms with Gasteiger partial charge in [0.15, 0.2) is 24.0 Å². The van der Waals surface area contributed by atoms with E-state index in [9.17, 15) is 19.5 Å². The molecule has 11 nitrogen and oxygen atoms in total. The number of ether oxygens (including phenoxy) is 5. The van der Waals surface area contributed by atoms with E-state index in [2.05, 4.69) is 10.6 Å². The van der Waals surface area contributed by atoms with Gasteiger partial charge in [-0.15, -0.1) is 0 Å². The fourth-order valence-electron chi connectivity index (χ4n) is 4.35. The third kappa shape index (κ3) is 5.48. The number of amides is 2. The van der Waals surface area contributed by atoms with Gasteiger partial charge in [0.2, 0.25) is 5.91 Å². The van der Waals surface area contributed by atoms with Gasteiger partial charge in [-0.3, -0.25) is 9.59 Å². The van der Waals surface area contributed by atoms with E-state index in [1.54, 1.807) is 55.4 Å². The fraction of sp³-hybridized carbons (Fsp3) is 0.864. The summed E-state index contributed by atoms with van der Waals surface area (Å²) in [6.07, 6.45) is -3.94. The van der Waals surface area contributed by atoms with Gasteiger partial charge in [0.1, 0.15) is 30.4 Å². The first kappa shape index (κ1) is 25.8. The lowest BCUT2D eigenvalue weighted by Crippen LogP contribution is -2.62. The van der Waals surface area contributed by atoms with Gasteiger partial charge < -0.3 is 39.4 Å². The molecule has 0 radical (unpaired) electrons. The van der Waals surface area contributed by atoms with E-state index in [4.69, 9.17) is 23.7 Å². The van der Waals surface area contributed by atoms with Crippen LogP contribution in [0, 0.1) is 11.8 Å². The monoisotopic (exact) mass is 472 g/mol. The highest BCUT2D eigenvalue weighted by Gasteiger charge is 2.62. The van der Waals surface area contributed by atoms with Gasteiger partial charge in [-0.1, -0.05) is 27.7 Å². The molecule has 0 aromatic carbocycles. The minimum Gasteiger partial charge on any atom is -0.480 e. The van der Waals surface area contributed by atoms with Crippen LogP contribution in [0.4, 0.5) is 0 Å². The first-order valence-electron chi connectivity index (χ1n) is 11.3. The van der Waals surface area contributed by atoms with Gasteiger partial charge in [-0.05, 0) is 39.5 Å². The molecule has 3 aliphatic heterocycles. The SMILES string of the molecule is CC(C)[C@H](NC(=O)[C@H](NC(=O)[C@H]1O[C@H]2OC(C)(C)O[C@@H]2[C@H]2OC(C)(C)O[C@@H]21)C(C)C)C(=O)O. The second-order valence-corrected chi connectivity index (χ2v) is 10.4. The zero-order chi connectivity index (χ0) is 24.9. The molecule has 3 fully saturated rings. The predicted molar refractivity (Wildman–Crippen MR) is 114 cm³/mol.